The highest BCUT2D eigenvalue weighted by molar-refractivity contribution is 7.96. The Bertz CT molecular complexity index is 125. The van der Waals surface area contributed by atoms with Crippen LogP contribution in [0.2, 0.25) is 0 Å². The molecule has 58 valence electrons. The number of hydrogen-bond acceptors (Lipinski definition) is 3. The number of hydrogen-bond donors (Lipinski definition) is 2. The minimum atomic E-state index is -0.0655. The fourth-order valence-electron chi connectivity index (χ4n) is 0.644. The van der Waals surface area contributed by atoms with Crippen LogP contribution in [-0.4, -0.2) is 30.9 Å². The first-order chi connectivity index (χ1) is 4.79. The molecule has 0 spiro atoms. The first-order valence-electron chi connectivity index (χ1n) is 3.33. The van der Waals surface area contributed by atoms with Crippen molar-refractivity contribution in [2.75, 3.05) is 19.7 Å². The van der Waals surface area contributed by atoms with Gasteiger partial charge in [-0.25, -0.2) is 0 Å². The summed E-state index contributed by atoms with van der Waals surface area (Å²) in [4.78, 5) is 10.3. The van der Waals surface area contributed by atoms with Gasteiger partial charge in [0.05, 0.1) is 12.7 Å². The Balaban J connectivity index is 1.80. The molecule has 0 radical (unpaired) electrons. The minimum Gasteiger partial charge on any atom is -0.372 e. The topological polar surface area (TPSA) is 41.6 Å². The third kappa shape index (κ3) is 3.87. The molecule has 1 heterocycles. The standard InChI is InChI=1S/C6H11NO2S/c8-6(10)1-2-7-3-5-4-9-5/h5,7H,1-4H2,(H,8,10). The Kier molecular flexibility index (Phi) is 3.18. The summed E-state index contributed by atoms with van der Waals surface area (Å²) in [6.07, 6.45) is 0.894. The van der Waals surface area contributed by atoms with Gasteiger partial charge in [0, 0.05) is 19.5 Å². The molecule has 1 aliphatic rings. The lowest BCUT2D eigenvalue weighted by Crippen LogP contribution is -2.21. The molecule has 0 aliphatic carbocycles. The van der Waals surface area contributed by atoms with E-state index in [0.29, 0.717) is 19.1 Å². The lowest BCUT2D eigenvalue weighted by Gasteiger charge is -1.97. The summed E-state index contributed by atoms with van der Waals surface area (Å²) in [5.74, 6) is 0. The summed E-state index contributed by atoms with van der Waals surface area (Å²) in [5.41, 5.74) is 0. The second-order valence-electron chi connectivity index (χ2n) is 2.30. The highest BCUT2D eigenvalue weighted by Crippen LogP contribution is 2.05. The SMILES string of the molecule is O=C(S)CCNCC1CO1. The maximum atomic E-state index is 10.3. The first kappa shape index (κ1) is 8.04. The van der Waals surface area contributed by atoms with Gasteiger partial charge in [0.2, 0.25) is 0 Å². The number of carbonyl (C=O) groups excluding carboxylic acids is 1. The number of nitrogens with one attached hydrogen (secondary N) is 1. The van der Waals surface area contributed by atoms with E-state index in [1.807, 2.05) is 0 Å². The van der Waals surface area contributed by atoms with Crippen molar-refractivity contribution in [3.05, 3.63) is 0 Å². The zero-order valence-corrected chi connectivity index (χ0v) is 6.56. The average Bonchev–Trinajstić information content (AvgIpc) is 2.62. The Morgan fingerprint density at radius 1 is 1.80 bits per heavy atom. The summed E-state index contributed by atoms with van der Waals surface area (Å²) >= 11 is 3.63. The first-order valence-corrected chi connectivity index (χ1v) is 3.78. The van der Waals surface area contributed by atoms with E-state index in [4.69, 9.17) is 4.74 Å². The van der Waals surface area contributed by atoms with Gasteiger partial charge in [-0.1, -0.05) is 0 Å². The molecule has 0 aromatic carbocycles. The maximum absolute atomic E-state index is 10.3. The van der Waals surface area contributed by atoms with E-state index < -0.39 is 0 Å². The second-order valence-corrected chi connectivity index (χ2v) is 2.80. The molecule has 1 unspecified atom stereocenters. The van der Waals surface area contributed by atoms with E-state index in [0.717, 1.165) is 13.2 Å². The third-order valence-electron chi connectivity index (χ3n) is 1.29. The van der Waals surface area contributed by atoms with Crippen LogP contribution in [-0.2, 0) is 9.53 Å². The van der Waals surface area contributed by atoms with Gasteiger partial charge in [-0.3, -0.25) is 4.79 Å². The zero-order valence-electron chi connectivity index (χ0n) is 5.67. The van der Waals surface area contributed by atoms with Crippen LogP contribution in [0.25, 0.3) is 0 Å². The van der Waals surface area contributed by atoms with E-state index in [9.17, 15) is 4.79 Å². The van der Waals surface area contributed by atoms with E-state index in [-0.39, 0.29) is 5.12 Å². The van der Waals surface area contributed by atoms with E-state index in [1.54, 1.807) is 0 Å². The van der Waals surface area contributed by atoms with Crippen LogP contribution in [0.5, 0.6) is 0 Å². The van der Waals surface area contributed by atoms with Gasteiger partial charge in [0.15, 0.2) is 5.12 Å². The van der Waals surface area contributed by atoms with E-state index in [1.165, 1.54) is 0 Å². The number of ether oxygens (including phenoxy) is 1. The third-order valence-corrected chi connectivity index (χ3v) is 1.51. The zero-order chi connectivity index (χ0) is 7.40. The summed E-state index contributed by atoms with van der Waals surface area (Å²) in [6, 6.07) is 0. The van der Waals surface area contributed by atoms with Crippen molar-refractivity contribution in [3.8, 4) is 0 Å². The molecule has 1 aliphatic heterocycles. The molecular weight excluding hydrogens is 150 g/mol. The van der Waals surface area contributed by atoms with Crippen molar-refractivity contribution >= 4 is 17.7 Å². The van der Waals surface area contributed by atoms with Crippen molar-refractivity contribution in [2.45, 2.75) is 12.5 Å². The summed E-state index contributed by atoms with van der Waals surface area (Å²) in [6.45, 7) is 2.44. The van der Waals surface area contributed by atoms with Crippen molar-refractivity contribution in [3.63, 3.8) is 0 Å². The molecule has 0 aromatic rings. The molecule has 0 amide bonds. The molecule has 4 heteroatoms. The van der Waals surface area contributed by atoms with E-state index >= 15 is 0 Å². The molecule has 0 bridgehead atoms. The monoisotopic (exact) mass is 161 g/mol. The van der Waals surface area contributed by atoms with Gasteiger partial charge >= 0.3 is 0 Å². The van der Waals surface area contributed by atoms with Crippen LogP contribution < -0.4 is 5.32 Å². The molecule has 0 saturated carbocycles. The normalized spacial score (nSPS) is 22.7. The van der Waals surface area contributed by atoms with Crippen LogP contribution in [0.3, 0.4) is 0 Å². The van der Waals surface area contributed by atoms with Crippen molar-refractivity contribution in [1.29, 1.82) is 0 Å². The minimum absolute atomic E-state index is 0.0655. The quantitative estimate of drug-likeness (QED) is 0.334. The molecule has 1 atom stereocenters. The predicted molar refractivity (Wildman–Crippen MR) is 41.2 cm³/mol. The molecule has 0 aromatic heterocycles. The molecular formula is C6H11NO2S. The molecule has 1 rings (SSSR count). The van der Waals surface area contributed by atoms with E-state index in [2.05, 4.69) is 17.9 Å². The fourth-order valence-corrected chi connectivity index (χ4v) is 0.756. The van der Waals surface area contributed by atoms with Gasteiger partial charge in [-0.2, -0.15) is 0 Å². The Labute approximate surface area is 65.5 Å². The highest BCUT2D eigenvalue weighted by atomic mass is 32.1. The molecule has 3 nitrogen and oxygen atoms in total. The molecule has 10 heavy (non-hydrogen) atoms. The number of thiol groups is 1. The second kappa shape index (κ2) is 3.95. The molecule has 1 saturated heterocycles. The Hall–Kier alpha value is -0.0600. The lowest BCUT2D eigenvalue weighted by molar-refractivity contribution is -0.110. The Morgan fingerprint density at radius 3 is 3.00 bits per heavy atom. The van der Waals surface area contributed by atoms with Gasteiger partial charge in [-0.05, 0) is 0 Å². The van der Waals surface area contributed by atoms with Crippen LogP contribution >= 0.6 is 12.6 Å². The summed E-state index contributed by atoms with van der Waals surface area (Å²) in [5, 5.41) is 3.02. The van der Waals surface area contributed by atoms with Crippen LogP contribution in [0.1, 0.15) is 6.42 Å². The van der Waals surface area contributed by atoms with Gasteiger partial charge in [-0.15, -0.1) is 12.6 Å². The summed E-state index contributed by atoms with van der Waals surface area (Å²) in [7, 11) is 0. The van der Waals surface area contributed by atoms with Crippen LogP contribution in [0, 0.1) is 0 Å². The van der Waals surface area contributed by atoms with Crippen molar-refractivity contribution < 1.29 is 9.53 Å². The van der Waals surface area contributed by atoms with Gasteiger partial charge < -0.3 is 10.1 Å². The van der Waals surface area contributed by atoms with Gasteiger partial charge in [0.25, 0.3) is 0 Å². The van der Waals surface area contributed by atoms with Crippen molar-refractivity contribution in [2.24, 2.45) is 0 Å². The Morgan fingerprint density at radius 2 is 2.50 bits per heavy atom. The lowest BCUT2D eigenvalue weighted by atomic mass is 10.4. The number of rotatable bonds is 5. The number of carbonyl (C=O) groups is 1. The smallest absolute Gasteiger partial charge is 0.187 e. The fraction of sp³-hybridized carbons (Fsp3) is 0.833. The van der Waals surface area contributed by atoms with Crippen LogP contribution in [0.15, 0.2) is 0 Å². The maximum Gasteiger partial charge on any atom is 0.187 e. The summed E-state index contributed by atoms with van der Waals surface area (Å²) < 4.78 is 4.95. The highest BCUT2D eigenvalue weighted by Gasteiger charge is 2.20. The van der Waals surface area contributed by atoms with Crippen molar-refractivity contribution in [1.82, 2.24) is 5.32 Å². The van der Waals surface area contributed by atoms with Gasteiger partial charge in [0.1, 0.15) is 0 Å². The molecule has 1 fully saturated rings. The van der Waals surface area contributed by atoms with Crippen LogP contribution in [0.4, 0.5) is 0 Å². The molecule has 1 N–H and O–H groups in total. The largest absolute Gasteiger partial charge is 0.372 e. The predicted octanol–water partition coefficient (Wildman–Crippen LogP) is -0.179. The number of epoxide rings is 1. The average molecular weight is 161 g/mol.